The fourth-order valence-corrected chi connectivity index (χ4v) is 2.54. The zero-order valence-corrected chi connectivity index (χ0v) is 11.2. The fraction of sp³-hybridized carbons (Fsp3) is 0.500. The van der Waals surface area contributed by atoms with Gasteiger partial charge in [0.1, 0.15) is 5.82 Å². The number of carbonyl (C=O) groups is 1. The molecule has 2 rings (SSSR count). The molecule has 0 spiro atoms. The topological polar surface area (TPSA) is 58.4 Å². The Bertz CT molecular complexity index is 458. The molecule has 4 nitrogen and oxygen atoms in total. The number of carbonyl (C=O) groups excluding carboxylic acids is 1. The molecule has 1 aliphatic heterocycles. The van der Waals surface area contributed by atoms with Gasteiger partial charge in [-0.2, -0.15) is 0 Å². The van der Waals surface area contributed by atoms with Gasteiger partial charge in [-0.3, -0.25) is 4.79 Å². The zero-order chi connectivity index (χ0) is 13.8. The Morgan fingerprint density at radius 1 is 1.58 bits per heavy atom. The number of nitrogens with one attached hydrogen (secondary N) is 1. The molecule has 1 amide bonds. The maximum absolute atomic E-state index is 13.9. The van der Waals surface area contributed by atoms with E-state index in [9.17, 15) is 9.18 Å². The fourth-order valence-electron chi connectivity index (χ4n) is 2.54. The highest BCUT2D eigenvalue weighted by atomic mass is 19.1. The van der Waals surface area contributed by atoms with Gasteiger partial charge in [0.25, 0.3) is 0 Å². The Kier molecular flexibility index (Phi) is 4.37. The minimum absolute atomic E-state index is 0.203. The highest BCUT2D eigenvalue weighted by Gasteiger charge is 2.17. The van der Waals surface area contributed by atoms with Crippen molar-refractivity contribution in [3.05, 3.63) is 29.6 Å². The predicted molar refractivity (Wildman–Crippen MR) is 73.8 cm³/mol. The van der Waals surface area contributed by atoms with Crippen molar-refractivity contribution in [2.75, 3.05) is 31.6 Å². The van der Waals surface area contributed by atoms with E-state index in [-0.39, 0.29) is 5.56 Å². The van der Waals surface area contributed by atoms with Gasteiger partial charge in [-0.15, -0.1) is 0 Å². The lowest BCUT2D eigenvalue weighted by Crippen LogP contribution is -2.37. The van der Waals surface area contributed by atoms with Crippen molar-refractivity contribution >= 4 is 11.6 Å². The molecule has 1 heterocycles. The lowest BCUT2D eigenvalue weighted by molar-refractivity contribution is 0.1000. The molecular weight excluding hydrogens is 245 g/mol. The Labute approximate surface area is 112 Å². The van der Waals surface area contributed by atoms with Crippen LogP contribution in [-0.4, -0.2) is 32.6 Å². The van der Waals surface area contributed by atoms with E-state index >= 15 is 0 Å². The summed E-state index contributed by atoms with van der Waals surface area (Å²) in [5.74, 6) is -0.471. The lowest BCUT2D eigenvalue weighted by atomic mass is 9.99. The van der Waals surface area contributed by atoms with E-state index in [0.717, 1.165) is 19.6 Å². The van der Waals surface area contributed by atoms with Crippen LogP contribution < -0.4 is 16.0 Å². The van der Waals surface area contributed by atoms with Gasteiger partial charge in [0.05, 0.1) is 5.69 Å². The summed E-state index contributed by atoms with van der Waals surface area (Å²) in [6.45, 7) is 2.85. The third kappa shape index (κ3) is 3.44. The standard InChI is InChI=1S/C14H20FN3O/c1-18(9-10-3-2-6-17-8-10)13-5-4-11(14(16)19)7-12(13)15/h4-5,7,10,17H,2-3,6,8-9H2,1H3,(H2,16,19). The zero-order valence-electron chi connectivity index (χ0n) is 11.2. The van der Waals surface area contributed by atoms with E-state index in [1.165, 1.54) is 18.9 Å². The Hall–Kier alpha value is -1.62. The number of piperidine rings is 1. The quantitative estimate of drug-likeness (QED) is 0.864. The minimum Gasteiger partial charge on any atom is -0.372 e. The highest BCUT2D eigenvalue weighted by molar-refractivity contribution is 5.93. The van der Waals surface area contributed by atoms with Gasteiger partial charge in [-0.05, 0) is 50.0 Å². The number of nitrogens with zero attached hydrogens (tertiary/aromatic N) is 1. The summed E-state index contributed by atoms with van der Waals surface area (Å²) in [4.78, 5) is 12.9. The number of hydrogen-bond acceptors (Lipinski definition) is 3. The van der Waals surface area contributed by atoms with Crippen molar-refractivity contribution in [3.8, 4) is 0 Å². The molecule has 1 unspecified atom stereocenters. The summed E-state index contributed by atoms with van der Waals surface area (Å²) in [6.07, 6.45) is 2.33. The molecule has 1 aromatic rings. The molecule has 5 heteroatoms. The molecule has 0 saturated carbocycles. The molecule has 104 valence electrons. The van der Waals surface area contributed by atoms with Crippen LogP contribution in [0.25, 0.3) is 0 Å². The molecule has 1 aromatic carbocycles. The van der Waals surface area contributed by atoms with Crippen LogP contribution in [0.1, 0.15) is 23.2 Å². The molecule has 0 aliphatic carbocycles. The summed E-state index contributed by atoms with van der Waals surface area (Å²) >= 11 is 0. The van der Waals surface area contributed by atoms with Gasteiger partial charge < -0.3 is 16.0 Å². The maximum Gasteiger partial charge on any atom is 0.248 e. The van der Waals surface area contributed by atoms with Crippen LogP contribution >= 0.6 is 0 Å². The van der Waals surface area contributed by atoms with Crippen LogP contribution in [0.2, 0.25) is 0 Å². The number of benzene rings is 1. The first-order valence-corrected chi connectivity index (χ1v) is 6.59. The summed E-state index contributed by atoms with van der Waals surface area (Å²) in [6, 6.07) is 4.38. The third-order valence-corrected chi connectivity index (χ3v) is 3.57. The van der Waals surface area contributed by atoms with Gasteiger partial charge in [0.15, 0.2) is 0 Å². The van der Waals surface area contributed by atoms with Crippen LogP contribution in [0.4, 0.5) is 10.1 Å². The van der Waals surface area contributed by atoms with Crippen molar-refractivity contribution in [2.45, 2.75) is 12.8 Å². The molecule has 3 N–H and O–H groups in total. The smallest absolute Gasteiger partial charge is 0.248 e. The number of anilines is 1. The highest BCUT2D eigenvalue weighted by Crippen LogP contribution is 2.21. The Morgan fingerprint density at radius 2 is 2.37 bits per heavy atom. The largest absolute Gasteiger partial charge is 0.372 e. The van der Waals surface area contributed by atoms with E-state index in [1.807, 2.05) is 11.9 Å². The molecule has 1 atom stereocenters. The van der Waals surface area contributed by atoms with E-state index in [4.69, 9.17) is 5.73 Å². The molecule has 19 heavy (non-hydrogen) atoms. The number of rotatable bonds is 4. The monoisotopic (exact) mass is 265 g/mol. The summed E-state index contributed by atoms with van der Waals surface area (Å²) in [5.41, 5.74) is 5.84. The maximum atomic E-state index is 13.9. The van der Waals surface area contributed by atoms with E-state index in [1.54, 1.807) is 12.1 Å². The molecule has 0 bridgehead atoms. The van der Waals surface area contributed by atoms with Crippen LogP contribution in [0.15, 0.2) is 18.2 Å². The number of hydrogen-bond donors (Lipinski definition) is 2. The van der Waals surface area contributed by atoms with E-state index in [2.05, 4.69) is 5.32 Å². The lowest BCUT2D eigenvalue weighted by Gasteiger charge is -2.29. The first kappa shape index (κ1) is 13.8. The number of nitrogens with two attached hydrogens (primary N) is 1. The first-order chi connectivity index (χ1) is 9.08. The van der Waals surface area contributed by atoms with Crippen molar-refractivity contribution in [3.63, 3.8) is 0 Å². The van der Waals surface area contributed by atoms with Gasteiger partial charge in [0.2, 0.25) is 5.91 Å². The number of halogens is 1. The van der Waals surface area contributed by atoms with Gasteiger partial charge in [-0.1, -0.05) is 0 Å². The van der Waals surface area contributed by atoms with Gasteiger partial charge in [0, 0.05) is 19.2 Å². The summed E-state index contributed by atoms with van der Waals surface area (Å²) < 4.78 is 13.9. The summed E-state index contributed by atoms with van der Waals surface area (Å²) in [7, 11) is 1.87. The minimum atomic E-state index is -0.607. The van der Waals surface area contributed by atoms with Crippen molar-refractivity contribution < 1.29 is 9.18 Å². The number of primary amides is 1. The van der Waals surface area contributed by atoms with Crippen LogP contribution in [0.5, 0.6) is 0 Å². The number of amides is 1. The predicted octanol–water partition coefficient (Wildman–Crippen LogP) is 1.36. The van der Waals surface area contributed by atoms with Crippen molar-refractivity contribution in [2.24, 2.45) is 11.7 Å². The molecule has 0 aromatic heterocycles. The molecule has 1 fully saturated rings. The third-order valence-electron chi connectivity index (χ3n) is 3.57. The second-order valence-electron chi connectivity index (χ2n) is 5.12. The molecular formula is C14H20FN3O. The van der Waals surface area contributed by atoms with Crippen LogP contribution in [0.3, 0.4) is 0 Å². The van der Waals surface area contributed by atoms with Gasteiger partial charge in [-0.25, -0.2) is 4.39 Å². The van der Waals surface area contributed by atoms with Crippen LogP contribution in [-0.2, 0) is 0 Å². The summed E-state index contributed by atoms with van der Waals surface area (Å²) in [5, 5.41) is 3.35. The van der Waals surface area contributed by atoms with Gasteiger partial charge >= 0.3 is 0 Å². The van der Waals surface area contributed by atoms with Crippen molar-refractivity contribution in [1.82, 2.24) is 5.32 Å². The second kappa shape index (κ2) is 6.02. The second-order valence-corrected chi connectivity index (χ2v) is 5.12. The molecule has 0 radical (unpaired) electrons. The Morgan fingerprint density at radius 3 is 2.95 bits per heavy atom. The SMILES string of the molecule is CN(CC1CCCNC1)c1ccc(C(N)=O)cc1F. The average Bonchev–Trinajstić information content (AvgIpc) is 2.39. The normalized spacial score (nSPS) is 19.2. The molecule has 1 aliphatic rings. The first-order valence-electron chi connectivity index (χ1n) is 6.59. The average molecular weight is 265 g/mol. The van der Waals surface area contributed by atoms with Crippen LogP contribution in [0, 0.1) is 11.7 Å². The Balaban J connectivity index is 2.05. The van der Waals surface area contributed by atoms with E-state index < -0.39 is 11.7 Å². The van der Waals surface area contributed by atoms with E-state index in [0.29, 0.717) is 11.6 Å². The molecule has 1 saturated heterocycles. The van der Waals surface area contributed by atoms with Crippen molar-refractivity contribution in [1.29, 1.82) is 0 Å².